The number of nitrogens with zero attached hydrogens (tertiary/aromatic N) is 1. The lowest BCUT2D eigenvalue weighted by atomic mass is 9.97. The molecule has 2 fully saturated rings. The maximum atomic E-state index is 5.77. The fourth-order valence-electron chi connectivity index (χ4n) is 2.97. The van der Waals surface area contributed by atoms with E-state index < -0.39 is 0 Å². The molecule has 1 aromatic carbocycles. The number of para-hydroxylation sites is 1. The van der Waals surface area contributed by atoms with E-state index in [1.807, 2.05) is 30.3 Å². The molecule has 1 atom stereocenters. The second kappa shape index (κ2) is 7.07. The van der Waals surface area contributed by atoms with Gasteiger partial charge in [-0.1, -0.05) is 18.2 Å². The highest BCUT2D eigenvalue weighted by Gasteiger charge is 2.30. The predicted octanol–water partition coefficient (Wildman–Crippen LogP) is 2.15. The summed E-state index contributed by atoms with van der Waals surface area (Å²) in [4.78, 5) is 2.46. The van der Waals surface area contributed by atoms with Gasteiger partial charge in [-0.3, -0.25) is 4.90 Å². The third kappa shape index (κ3) is 3.72. The predicted molar refractivity (Wildman–Crippen MR) is 76.8 cm³/mol. The van der Waals surface area contributed by atoms with Crippen molar-refractivity contribution in [3.8, 4) is 5.75 Å². The van der Waals surface area contributed by atoms with E-state index in [1.54, 1.807) is 0 Å². The summed E-state index contributed by atoms with van der Waals surface area (Å²) in [6.45, 7) is 5.42. The second-order valence-electron chi connectivity index (χ2n) is 5.47. The maximum Gasteiger partial charge on any atom is 0.161 e. The summed E-state index contributed by atoms with van der Waals surface area (Å²) in [6.07, 6.45) is 2.45. The molecular formula is C16H23NO3. The largest absolute Gasteiger partial charge is 0.492 e. The van der Waals surface area contributed by atoms with E-state index in [0.717, 1.165) is 45.2 Å². The van der Waals surface area contributed by atoms with Crippen LogP contribution in [0.4, 0.5) is 0 Å². The molecule has 4 nitrogen and oxygen atoms in total. The summed E-state index contributed by atoms with van der Waals surface area (Å²) in [7, 11) is 0. The van der Waals surface area contributed by atoms with Gasteiger partial charge in [0.05, 0.1) is 13.2 Å². The fourth-order valence-corrected chi connectivity index (χ4v) is 2.97. The van der Waals surface area contributed by atoms with Gasteiger partial charge in [0.25, 0.3) is 0 Å². The summed E-state index contributed by atoms with van der Waals surface area (Å²) in [5.41, 5.74) is 0. The monoisotopic (exact) mass is 277 g/mol. The van der Waals surface area contributed by atoms with Crippen LogP contribution in [0.25, 0.3) is 0 Å². The molecule has 1 aromatic rings. The minimum absolute atomic E-state index is 0.0211. The Kier molecular flexibility index (Phi) is 4.90. The van der Waals surface area contributed by atoms with E-state index >= 15 is 0 Å². The Balaban J connectivity index is 1.41. The summed E-state index contributed by atoms with van der Waals surface area (Å²) in [6, 6.07) is 10.0. The average Bonchev–Trinajstić information content (AvgIpc) is 3.03. The van der Waals surface area contributed by atoms with Gasteiger partial charge in [0.15, 0.2) is 6.29 Å². The molecule has 2 aliphatic rings. The van der Waals surface area contributed by atoms with Crippen molar-refractivity contribution >= 4 is 0 Å². The molecule has 3 rings (SSSR count). The molecule has 0 aromatic heterocycles. The molecule has 0 unspecified atom stereocenters. The minimum Gasteiger partial charge on any atom is -0.492 e. The first-order valence-electron chi connectivity index (χ1n) is 7.55. The summed E-state index contributed by atoms with van der Waals surface area (Å²) < 4.78 is 17.0. The molecule has 0 bridgehead atoms. The fraction of sp³-hybridized carbons (Fsp3) is 0.625. The van der Waals surface area contributed by atoms with Gasteiger partial charge in [0.2, 0.25) is 0 Å². The molecule has 2 aliphatic heterocycles. The minimum atomic E-state index is 0.0211. The number of ether oxygens (including phenoxy) is 3. The number of rotatable bonds is 5. The van der Waals surface area contributed by atoms with Gasteiger partial charge in [0.1, 0.15) is 12.4 Å². The molecule has 2 saturated heterocycles. The van der Waals surface area contributed by atoms with Crippen LogP contribution in [-0.2, 0) is 9.47 Å². The van der Waals surface area contributed by atoms with E-state index in [2.05, 4.69) is 4.90 Å². The van der Waals surface area contributed by atoms with Crippen molar-refractivity contribution < 1.29 is 14.2 Å². The van der Waals surface area contributed by atoms with Gasteiger partial charge >= 0.3 is 0 Å². The molecule has 0 N–H and O–H groups in total. The van der Waals surface area contributed by atoms with Crippen LogP contribution in [0.2, 0.25) is 0 Å². The van der Waals surface area contributed by atoms with E-state index in [9.17, 15) is 0 Å². The van der Waals surface area contributed by atoms with Crippen molar-refractivity contribution in [2.45, 2.75) is 19.1 Å². The lowest BCUT2D eigenvalue weighted by Crippen LogP contribution is -2.42. The van der Waals surface area contributed by atoms with Crippen LogP contribution in [-0.4, -0.2) is 50.6 Å². The summed E-state index contributed by atoms with van der Waals surface area (Å²) in [5.74, 6) is 1.46. The Morgan fingerprint density at radius 3 is 2.75 bits per heavy atom. The van der Waals surface area contributed by atoms with Crippen LogP contribution in [0.5, 0.6) is 5.75 Å². The molecule has 0 saturated carbocycles. The van der Waals surface area contributed by atoms with Gasteiger partial charge in [-0.25, -0.2) is 0 Å². The standard InChI is InChI=1S/C16H23NO3/c1-2-6-15(7-3-1)18-10-9-17-8-4-5-14(13-17)16-19-11-12-20-16/h1-3,6-7,14,16H,4-5,8-13H2/t14-/m1/s1. The van der Waals surface area contributed by atoms with Gasteiger partial charge in [-0.15, -0.1) is 0 Å². The van der Waals surface area contributed by atoms with Crippen molar-refractivity contribution in [3.63, 3.8) is 0 Å². The molecule has 20 heavy (non-hydrogen) atoms. The lowest BCUT2D eigenvalue weighted by molar-refractivity contribution is -0.100. The zero-order valence-electron chi connectivity index (χ0n) is 11.9. The van der Waals surface area contributed by atoms with E-state index in [0.29, 0.717) is 5.92 Å². The highest BCUT2D eigenvalue weighted by molar-refractivity contribution is 5.20. The van der Waals surface area contributed by atoms with E-state index in [1.165, 1.54) is 12.8 Å². The van der Waals surface area contributed by atoms with Crippen LogP contribution in [0.1, 0.15) is 12.8 Å². The first-order valence-corrected chi connectivity index (χ1v) is 7.55. The highest BCUT2D eigenvalue weighted by atomic mass is 16.7. The highest BCUT2D eigenvalue weighted by Crippen LogP contribution is 2.24. The van der Waals surface area contributed by atoms with Gasteiger partial charge < -0.3 is 14.2 Å². The third-order valence-corrected chi connectivity index (χ3v) is 3.99. The van der Waals surface area contributed by atoms with Gasteiger partial charge in [-0.2, -0.15) is 0 Å². The maximum absolute atomic E-state index is 5.77. The number of hydrogen-bond donors (Lipinski definition) is 0. The Morgan fingerprint density at radius 1 is 1.15 bits per heavy atom. The molecule has 0 radical (unpaired) electrons. The van der Waals surface area contributed by atoms with Crippen LogP contribution < -0.4 is 4.74 Å². The molecule has 0 amide bonds. The first-order chi connectivity index (χ1) is 9.92. The Hall–Kier alpha value is -1.10. The van der Waals surface area contributed by atoms with Gasteiger partial charge in [-0.05, 0) is 31.5 Å². The van der Waals surface area contributed by atoms with Crippen LogP contribution in [0.15, 0.2) is 30.3 Å². The van der Waals surface area contributed by atoms with E-state index in [-0.39, 0.29) is 6.29 Å². The number of likely N-dealkylation sites (tertiary alicyclic amines) is 1. The molecular weight excluding hydrogens is 254 g/mol. The average molecular weight is 277 g/mol. The SMILES string of the molecule is c1ccc(OCCN2CCC[C@@H](C3OCCO3)C2)cc1. The third-order valence-electron chi connectivity index (χ3n) is 3.99. The quantitative estimate of drug-likeness (QED) is 0.825. The number of benzene rings is 1. The molecule has 2 heterocycles. The van der Waals surface area contributed by atoms with Gasteiger partial charge in [0, 0.05) is 19.0 Å². The zero-order chi connectivity index (χ0) is 13.6. The number of piperidine rings is 1. The Bertz CT molecular complexity index is 392. The van der Waals surface area contributed by atoms with Crippen molar-refractivity contribution in [2.75, 3.05) is 39.5 Å². The topological polar surface area (TPSA) is 30.9 Å². The lowest BCUT2D eigenvalue weighted by Gasteiger charge is -2.34. The zero-order valence-corrected chi connectivity index (χ0v) is 11.9. The van der Waals surface area contributed by atoms with Crippen molar-refractivity contribution in [1.82, 2.24) is 4.90 Å². The van der Waals surface area contributed by atoms with Crippen molar-refractivity contribution in [1.29, 1.82) is 0 Å². The van der Waals surface area contributed by atoms with Crippen molar-refractivity contribution in [2.24, 2.45) is 5.92 Å². The molecule has 0 spiro atoms. The molecule has 110 valence electrons. The molecule has 0 aliphatic carbocycles. The Morgan fingerprint density at radius 2 is 1.95 bits per heavy atom. The molecule has 4 heteroatoms. The first kappa shape index (κ1) is 13.9. The van der Waals surface area contributed by atoms with Crippen LogP contribution >= 0.6 is 0 Å². The summed E-state index contributed by atoms with van der Waals surface area (Å²) in [5, 5.41) is 0. The summed E-state index contributed by atoms with van der Waals surface area (Å²) >= 11 is 0. The van der Waals surface area contributed by atoms with Crippen LogP contribution in [0, 0.1) is 5.92 Å². The smallest absolute Gasteiger partial charge is 0.161 e. The van der Waals surface area contributed by atoms with E-state index in [4.69, 9.17) is 14.2 Å². The second-order valence-corrected chi connectivity index (χ2v) is 5.47. The Labute approximate surface area is 120 Å². The van der Waals surface area contributed by atoms with Crippen LogP contribution in [0.3, 0.4) is 0 Å². The normalized spacial score (nSPS) is 24.9. The number of hydrogen-bond acceptors (Lipinski definition) is 4. The van der Waals surface area contributed by atoms with Crippen molar-refractivity contribution in [3.05, 3.63) is 30.3 Å².